The molecule has 2 aliphatic rings. The van der Waals surface area contributed by atoms with E-state index in [0.717, 1.165) is 11.8 Å². The number of anilines is 3. The van der Waals surface area contributed by atoms with Crippen LogP contribution >= 0.6 is 0 Å². The molecule has 2 aliphatic heterocycles. The molecule has 0 unspecified atom stereocenters. The summed E-state index contributed by atoms with van der Waals surface area (Å²) in [5, 5.41) is 11.0. The van der Waals surface area contributed by atoms with E-state index in [-0.39, 0.29) is 53.6 Å². The molecule has 258 valence electrons. The normalized spacial score (nSPS) is 16.2. The summed E-state index contributed by atoms with van der Waals surface area (Å²) in [4.78, 5) is 48.6. The molecule has 0 spiro atoms. The Hall–Kier alpha value is -5.39. The predicted octanol–water partition coefficient (Wildman–Crippen LogP) is 5.38. The van der Waals surface area contributed by atoms with Gasteiger partial charge in [0.25, 0.3) is 12.3 Å². The van der Waals surface area contributed by atoms with Crippen molar-refractivity contribution >= 4 is 35.0 Å². The van der Waals surface area contributed by atoms with Crippen LogP contribution in [0.5, 0.6) is 0 Å². The minimum Gasteiger partial charge on any atom is -0.444 e. The highest BCUT2D eigenvalue weighted by Crippen LogP contribution is 2.32. The number of carbonyl (C=O) groups excluding carboxylic acids is 3. The molecule has 0 radical (unpaired) electrons. The van der Waals surface area contributed by atoms with Crippen molar-refractivity contribution in [3.8, 4) is 11.5 Å². The summed E-state index contributed by atoms with van der Waals surface area (Å²) in [6.07, 6.45) is -2.47. The fourth-order valence-electron chi connectivity index (χ4n) is 5.68. The quantitative estimate of drug-likeness (QED) is 0.187. The molecule has 0 bridgehead atoms. The van der Waals surface area contributed by atoms with Gasteiger partial charge in [-0.25, -0.2) is 23.5 Å². The first kappa shape index (κ1) is 33.5. The smallest absolute Gasteiger partial charge is 0.405 e. The maximum absolute atomic E-state index is 14.0. The number of nitrogens with one attached hydrogen (secondary N) is 3. The van der Waals surface area contributed by atoms with Crippen LogP contribution in [0.2, 0.25) is 0 Å². The van der Waals surface area contributed by atoms with Crippen LogP contribution in [0.3, 0.4) is 0 Å². The van der Waals surface area contributed by atoms with Gasteiger partial charge in [-0.15, -0.1) is 0 Å². The number of para-hydroxylation sites is 1. The fourth-order valence-corrected chi connectivity index (χ4v) is 5.68. The van der Waals surface area contributed by atoms with Gasteiger partial charge in [0.05, 0.1) is 11.7 Å². The number of rotatable bonds is 10. The second-order valence-corrected chi connectivity index (χ2v) is 11.5. The van der Waals surface area contributed by atoms with Crippen LogP contribution in [0, 0.1) is 0 Å². The second-order valence-electron chi connectivity index (χ2n) is 11.5. The monoisotopic (exact) mass is 687 g/mol. The molecule has 6 rings (SSSR count). The van der Waals surface area contributed by atoms with Crippen LogP contribution in [-0.2, 0) is 11.3 Å². The SMILES string of the molecule is O=C1CCN(c2ccccc2CN2CCC(n3cc(NC(=O)c4coc(-c5ccnc(NCC(F)(F)F)c5)n4)c(C(F)F)n3)CC2)C(=O)N1. The molecular formula is C31H30F5N9O4. The molecule has 2 saturated heterocycles. The van der Waals surface area contributed by atoms with E-state index in [1.54, 1.807) is 4.90 Å². The number of amides is 4. The summed E-state index contributed by atoms with van der Waals surface area (Å²) in [5.41, 5.74) is 0.817. The molecule has 0 aliphatic carbocycles. The second kappa shape index (κ2) is 14.0. The summed E-state index contributed by atoms with van der Waals surface area (Å²) < 4.78 is 72.4. The lowest BCUT2D eigenvalue weighted by Crippen LogP contribution is -2.50. The molecule has 5 heterocycles. The number of hydrogen-bond donors (Lipinski definition) is 3. The number of benzene rings is 1. The van der Waals surface area contributed by atoms with Gasteiger partial charge in [0.1, 0.15) is 18.6 Å². The Kier molecular flexibility index (Phi) is 9.57. The van der Waals surface area contributed by atoms with Crippen LogP contribution in [0.4, 0.5) is 43.9 Å². The van der Waals surface area contributed by atoms with Crippen molar-refractivity contribution in [1.29, 1.82) is 0 Å². The number of oxazole rings is 1. The summed E-state index contributed by atoms with van der Waals surface area (Å²) in [6, 6.07) is 9.45. The molecule has 4 amide bonds. The van der Waals surface area contributed by atoms with Crippen molar-refractivity contribution < 1.29 is 40.8 Å². The highest BCUT2D eigenvalue weighted by molar-refractivity contribution is 6.06. The number of pyridine rings is 1. The molecule has 0 atom stereocenters. The van der Waals surface area contributed by atoms with Crippen molar-refractivity contribution in [1.82, 2.24) is 30.0 Å². The average Bonchev–Trinajstić information content (AvgIpc) is 3.73. The Morgan fingerprint density at radius 1 is 1.10 bits per heavy atom. The molecule has 3 aromatic heterocycles. The number of carbonyl (C=O) groups is 3. The molecular weight excluding hydrogens is 657 g/mol. The number of alkyl halides is 5. The largest absolute Gasteiger partial charge is 0.444 e. The third-order valence-corrected chi connectivity index (χ3v) is 8.09. The Morgan fingerprint density at radius 2 is 1.88 bits per heavy atom. The number of nitrogens with zero attached hydrogens (tertiary/aromatic N) is 6. The van der Waals surface area contributed by atoms with E-state index in [4.69, 9.17) is 4.42 Å². The van der Waals surface area contributed by atoms with Crippen molar-refractivity contribution in [3.05, 3.63) is 72.0 Å². The van der Waals surface area contributed by atoms with E-state index in [9.17, 15) is 36.3 Å². The van der Waals surface area contributed by atoms with Crippen LogP contribution < -0.4 is 20.9 Å². The van der Waals surface area contributed by atoms with E-state index in [1.807, 2.05) is 24.3 Å². The average molecular weight is 688 g/mol. The van der Waals surface area contributed by atoms with Gasteiger partial charge in [-0.2, -0.15) is 18.3 Å². The molecule has 18 heteroatoms. The molecule has 0 saturated carbocycles. The fraction of sp³-hybridized carbons (Fsp3) is 0.355. The maximum atomic E-state index is 14.0. The number of urea groups is 1. The minimum atomic E-state index is -4.46. The van der Waals surface area contributed by atoms with Crippen molar-refractivity contribution in [2.75, 3.05) is 41.7 Å². The molecule has 2 fully saturated rings. The zero-order valence-electron chi connectivity index (χ0n) is 25.7. The van der Waals surface area contributed by atoms with E-state index >= 15 is 0 Å². The first-order chi connectivity index (χ1) is 23.4. The van der Waals surface area contributed by atoms with E-state index in [2.05, 4.69) is 35.9 Å². The zero-order chi connectivity index (χ0) is 34.7. The highest BCUT2D eigenvalue weighted by atomic mass is 19.4. The molecule has 1 aromatic carbocycles. The van der Waals surface area contributed by atoms with E-state index in [0.29, 0.717) is 38.2 Å². The zero-order valence-corrected chi connectivity index (χ0v) is 25.7. The Bertz CT molecular complexity index is 1840. The number of piperidine rings is 1. The van der Waals surface area contributed by atoms with E-state index < -0.39 is 36.8 Å². The van der Waals surface area contributed by atoms with Crippen LogP contribution in [0.25, 0.3) is 11.5 Å². The number of imide groups is 1. The van der Waals surface area contributed by atoms with Gasteiger partial charge in [0, 0.05) is 56.2 Å². The molecule has 3 N–H and O–H groups in total. The summed E-state index contributed by atoms with van der Waals surface area (Å²) in [6.45, 7) is 0.734. The molecule has 13 nitrogen and oxygen atoms in total. The first-order valence-electron chi connectivity index (χ1n) is 15.3. The number of likely N-dealkylation sites (tertiary alicyclic amines) is 1. The van der Waals surface area contributed by atoms with Crippen molar-refractivity contribution in [2.24, 2.45) is 0 Å². The minimum absolute atomic E-state index is 0.0870. The highest BCUT2D eigenvalue weighted by Gasteiger charge is 2.30. The van der Waals surface area contributed by atoms with Gasteiger partial charge in [-0.05, 0) is 36.6 Å². The number of halogens is 5. The Balaban J connectivity index is 1.08. The maximum Gasteiger partial charge on any atom is 0.405 e. The number of hydrogen-bond acceptors (Lipinski definition) is 9. The van der Waals surface area contributed by atoms with Gasteiger partial charge in [0.15, 0.2) is 11.4 Å². The summed E-state index contributed by atoms with van der Waals surface area (Å²) in [5.74, 6) is -1.34. The first-order valence-corrected chi connectivity index (χ1v) is 15.3. The van der Waals surface area contributed by atoms with Crippen molar-refractivity contribution in [2.45, 2.75) is 44.5 Å². The van der Waals surface area contributed by atoms with Crippen LogP contribution in [0.1, 0.15) is 53.5 Å². The Labute approximate surface area is 275 Å². The van der Waals surface area contributed by atoms with E-state index in [1.165, 1.54) is 29.2 Å². The lowest BCUT2D eigenvalue weighted by molar-refractivity contribution is -0.120. The third-order valence-electron chi connectivity index (χ3n) is 8.09. The van der Waals surface area contributed by atoms with Gasteiger partial charge in [-0.3, -0.25) is 29.4 Å². The number of aromatic nitrogens is 4. The lowest BCUT2D eigenvalue weighted by Gasteiger charge is -2.34. The standard InChI is InChI=1S/C31H30F5N9O4/c32-27(33)26-21(39-28(47)22-16-49-29(40-22)18-5-9-37-24(13-18)38-17-31(34,35)36)15-45(42-26)20-6-10-43(11-7-20)14-19-3-1-2-4-23(19)44-12-8-25(46)41-30(44)48/h1-5,9,13,15-16,20,27H,6-8,10-12,14,17H2,(H,37,38)(H,39,47)(H,41,46,48). The predicted molar refractivity (Wildman–Crippen MR) is 165 cm³/mol. The molecule has 4 aromatic rings. The molecule has 49 heavy (non-hydrogen) atoms. The summed E-state index contributed by atoms with van der Waals surface area (Å²) >= 11 is 0. The van der Waals surface area contributed by atoms with Gasteiger partial charge in [-0.1, -0.05) is 18.2 Å². The third kappa shape index (κ3) is 8.02. The topological polar surface area (TPSA) is 151 Å². The van der Waals surface area contributed by atoms with Crippen LogP contribution in [0.15, 0.2) is 59.5 Å². The van der Waals surface area contributed by atoms with Gasteiger partial charge in [0.2, 0.25) is 11.8 Å². The van der Waals surface area contributed by atoms with Gasteiger partial charge >= 0.3 is 12.2 Å². The van der Waals surface area contributed by atoms with Gasteiger partial charge < -0.3 is 15.1 Å². The lowest BCUT2D eigenvalue weighted by atomic mass is 10.0. The van der Waals surface area contributed by atoms with Crippen molar-refractivity contribution in [3.63, 3.8) is 0 Å². The Morgan fingerprint density at radius 3 is 2.61 bits per heavy atom. The van der Waals surface area contributed by atoms with Crippen LogP contribution in [-0.4, -0.2) is 74.8 Å². The summed E-state index contributed by atoms with van der Waals surface area (Å²) in [7, 11) is 0.